The van der Waals surface area contributed by atoms with E-state index in [1.165, 1.54) is 5.70 Å². The van der Waals surface area contributed by atoms with E-state index in [9.17, 15) is 0 Å². The van der Waals surface area contributed by atoms with Crippen LogP contribution in [0.4, 0.5) is 0 Å². The predicted molar refractivity (Wildman–Crippen MR) is 42.7 cm³/mol. The molecule has 1 nitrogen and oxygen atoms in total. The molecule has 0 spiro atoms. The van der Waals surface area contributed by atoms with Crippen LogP contribution in [0.25, 0.3) is 5.32 Å². The van der Waals surface area contributed by atoms with Crippen LogP contribution in [0.5, 0.6) is 0 Å². The third-order valence-corrected chi connectivity index (χ3v) is 1.93. The van der Waals surface area contributed by atoms with Crippen molar-refractivity contribution >= 4 is 0 Å². The zero-order chi connectivity index (χ0) is 6.97. The van der Waals surface area contributed by atoms with Crippen molar-refractivity contribution in [2.75, 3.05) is 0 Å². The summed E-state index contributed by atoms with van der Waals surface area (Å²) in [6.07, 6.45) is 10.7. The van der Waals surface area contributed by atoms with E-state index in [2.05, 4.69) is 42.6 Å². The predicted octanol–water partition coefficient (Wildman–Crippen LogP) is 2.39. The van der Waals surface area contributed by atoms with E-state index in [4.69, 9.17) is 0 Å². The van der Waals surface area contributed by atoms with Gasteiger partial charge in [0.25, 0.3) is 0 Å². The summed E-state index contributed by atoms with van der Waals surface area (Å²) >= 11 is 0. The third-order valence-electron chi connectivity index (χ3n) is 1.93. The summed E-state index contributed by atoms with van der Waals surface area (Å²) in [5.41, 5.74) is 1.17. The summed E-state index contributed by atoms with van der Waals surface area (Å²) in [5, 5.41) is 4.43. The Morgan fingerprint density at radius 3 is 2.73 bits per heavy atom. The molecule has 2 atom stereocenters. The van der Waals surface area contributed by atoms with Crippen LogP contribution >= 0.6 is 0 Å². The summed E-state index contributed by atoms with van der Waals surface area (Å²) in [5.74, 6) is 0.546. The van der Waals surface area contributed by atoms with Gasteiger partial charge in [-0.15, -0.1) is 0 Å². The van der Waals surface area contributed by atoms with Gasteiger partial charge >= 0.3 is 0 Å². The quantitative estimate of drug-likeness (QED) is 0.649. The minimum Gasteiger partial charge on any atom is -0.682 e. The van der Waals surface area contributed by atoms with Gasteiger partial charge in [-0.05, 0) is 5.92 Å². The van der Waals surface area contributed by atoms with Gasteiger partial charge in [0.1, 0.15) is 0 Å². The van der Waals surface area contributed by atoms with Crippen LogP contribution in [0.2, 0.25) is 0 Å². The van der Waals surface area contributed by atoms with E-state index in [0.29, 0.717) is 12.0 Å². The molecule has 1 heterocycles. The first-order valence-corrected chi connectivity index (χ1v) is 3.60. The Labute approximate surface area is 81.5 Å². The average molecular weight is 327 g/mol. The fourth-order valence-electron chi connectivity index (χ4n) is 1.45. The van der Waals surface area contributed by atoms with E-state index in [1.807, 2.05) is 0 Å². The van der Waals surface area contributed by atoms with E-state index in [-0.39, 0.29) is 21.1 Å². The fraction of sp³-hybridized carbons (Fsp3) is 0.333. The van der Waals surface area contributed by atoms with Crippen molar-refractivity contribution in [3.63, 3.8) is 0 Å². The number of hydrogen-bond donors (Lipinski definition) is 0. The molecule has 0 N–H and O–H groups in total. The molecule has 1 aliphatic carbocycles. The summed E-state index contributed by atoms with van der Waals surface area (Å²) in [7, 11) is 0. The largest absolute Gasteiger partial charge is 0.682 e. The summed E-state index contributed by atoms with van der Waals surface area (Å²) in [6, 6.07) is 0.407. The monoisotopic (exact) mass is 327 g/mol. The fourth-order valence-corrected chi connectivity index (χ4v) is 1.45. The summed E-state index contributed by atoms with van der Waals surface area (Å²) < 4.78 is 0. The molecule has 1 aliphatic heterocycles. The zero-order valence-corrected chi connectivity index (χ0v) is 8.58. The first-order chi connectivity index (χ1) is 4.86. The molecule has 11 heavy (non-hydrogen) atoms. The first-order valence-electron chi connectivity index (χ1n) is 3.60. The van der Waals surface area contributed by atoms with Crippen LogP contribution in [-0.4, -0.2) is 6.04 Å². The van der Waals surface area contributed by atoms with Crippen LogP contribution in [-0.2, 0) is 21.1 Å². The van der Waals surface area contributed by atoms with E-state index in [0.717, 1.165) is 0 Å². The molecule has 0 amide bonds. The van der Waals surface area contributed by atoms with Crippen molar-refractivity contribution in [3.05, 3.63) is 41.4 Å². The van der Waals surface area contributed by atoms with Gasteiger partial charge in [-0.25, -0.2) is 0 Å². The Morgan fingerprint density at radius 1 is 1.27 bits per heavy atom. The van der Waals surface area contributed by atoms with Gasteiger partial charge in [0.15, 0.2) is 0 Å². The standard InChI is InChI=1S/C9H10N.Pt/c1-7-6-8-4-2-3-5-9(8)10-7;/h2-6,8-9H,1H3;/q-1;. The zero-order valence-electron chi connectivity index (χ0n) is 6.30. The average Bonchev–Trinajstić information content (AvgIpc) is 2.27. The number of rotatable bonds is 0. The van der Waals surface area contributed by atoms with Gasteiger partial charge in [-0.3, -0.25) is 0 Å². The smallest absolute Gasteiger partial charge is 0 e. The molecule has 0 aromatic heterocycles. The Morgan fingerprint density at radius 2 is 2.00 bits per heavy atom. The first kappa shape index (κ1) is 8.80. The topological polar surface area (TPSA) is 14.1 Å². The van der Waals surface area contributed by atoms with Crippen LogP contribution in [0.3, 0.4) is 0 Å². The van der Waals surface area contributed by atoms with Gasteiger partial charge in [0, 0.05) is 21.1 Å². The molecular formula is C9H10NPt-. The second-order valence-corrected chi connectivity index (χ2v) is 2.77. The molecule has 2 rings (SSSR count). The second kappa shape index (κ2) is 3.40. The minimum absolute atomic E-state index is 0. The Bertz CT molecular complexity index is 228. The molecule has 0 saturated heterocycles. The number of hydrogen-bond acceptors (Lipinski definition) is 0. The molecule has 0 aromatic carbocycles. The maximum absolute atomic E-state index is 4.43. The van der Waals surface area contributed by atoms with Crippen molar-refractivity contribution in [2.45, 2.75) is 13.0 Å². The molecule has 2 heteroatoms. The van der Waals surface area contributed by atoms with Crippen molar-refractivity contribution in [2.24, 2.45) is 5.92 Å². The normalized spacial score (nSPS) is 31.9. The van der Waals surface area contributed by atoms with Crippen LogP contribution in [0.15, 0.2) is 36.1 Å². The van der Waals surface area contributed by atoms with Crippen molar-refractivity contribution in [1.82, 2.24) is 0 Å². The van der Waals surface area contributed by atoms with Crippen LogP contribution in [0, 0.1) is 5.92 Å². The maximum atomic E-state index is 4.43. The van der Waals surface area contributed by atoms with Crippen LogP contribution in [0.1, 0.15) is 6.92 Å². The molecule has 62 valence electrons. The van der Waals surface area contributed by atoms with Gasteiger partial charge < -0.3 is 5.32 Å². The van der Waals surface area contributed by atoms with Gasteiger partial charge in [0.2, 0.25) is 0 Å². The molecule has 2 aliphatic rings. The molecule has 0 aromatic rings. The molecule has 0 fully saturated rings. The number of fused-ring (bicyclic) bond motifs is 1. The van der Waals surface area contributed by atoms with Gasteiger partial charge in [-0.1, -0.05) is 43.3 Å². The van der Waals surface area contributed by atoms with Crippen LogP contribution < -0.4 is 0 Å². The molecule has 0 radical (unpaired) electrons. The molecule has 2 unspecified atom stereocenters. The van der Waals surface area contributed by atoms with E-state index in [1.54, 1.807) is 0 Å². The summed E-state index contributed by atoms with van der Waals surface area (Å²) in [6.45, 7) is 2.06. The van der Waals surface area contributed by atoms with Gasteiger partial charge in [-0.2, -0.15) is 5.70 Å². The number of nitrogens with zero attached hydrogens (tertiary/aromatic N) is 1. The third kappa shape index (κ3) is 1.65. The van der Waals surface area contributed by atoms with Crippen molar-refractivity contribution < 1.29 is 21.1 Å². The van der Waals surface area contributed by atoms with E-state index < -0.39 is 0 Å². The Kier molecular flexibility index (Phi) is 2.72. The second-order valence-electron chi connectivity index (χ2n) is 2.77. The Hall–Kier alpha value is -0.292. The molecular weight excluding hydrogens is 317 g/mol. The Balaban J connectivity index is 0.000000605. The minimum atomic E-state index is 0. The maximum Gasteiger partial charge on any atom is 0 e. The van der Waals surface area contributed by atoms with E-state index >= 15 is 0 Å². The summed E-state index contributed by atoms with van der Waals surface area (Å²) in [4.78, 5) is 0. The number of allylic oxidation sites excluding steroid dienone is 3. The molecule has 0 bridgehead atoms. The molecule has 0 saturated carbocycles. The SMILES string of the molecule is CC1=CC2C=CC=CC2[N-]1.[Pt]. The van der Waals surface area contributed by atoms with Crippen molar-refractivity contribution in [3.8, 4) is 0 Å². The van der Waals surface area contributed by atoms with Crippen molar-refractivity contribution in [1.29, 1.82) is 0 Å². The van der Waals surface area contributed by atoms with Gasteiger partial charge in [0.05, 0.1) is 0 Å².